The first kappa shape index (κ1) is 14.7. The van der Waals surface area contributed by atoms with E-state index in [4.69, 9.17) is 10.2 Å². The Bertz CT molecular complexity index is 472. The minimum absolute atomic E-state index is 0.167. The van der Waals surface area contributed by atoms with Crippen LogP contribution in [0.5, 0.6) is 0 Å². The van der Waals surface area contributed by atoms with E-state index in [2.05, 4.69) is 4.74 Å². The number of aliphatic hydroxyl groups is 1. The van der Waals surface area contributed by atoms with Gasteiger partial charge in [0.05, 0.1) is 12.2 Å². The van der Waals surface area contributed by atoms with E-state index in [0.29, 0.717) is 4.90 Å². The number of hydrogen-bond acceptors (Lipinski definition) is 5. The Morgan fingerprint density at radius 3 is 2.32 bits per heavy atom. The summed E-state index contributed by atoms with van der Waals surface area (Å²) < 4.78 is 4.50. The van der Waals surface area contributed by atoms with Gasteiger partial charge < -0.3 is 14.9 Å². The first-order chi connectivity index (χ1) is 8.97. The smallest absolute Gasteiger partial charge is 0.418 e. The quantitative estimate of drug-likeness (QED) is 0.602. The van der Waals surface area contributed by atoms with Gasteiger partial charge in [0, 0.05) is 7.05 Å². The highest BCUT2D eigenvalue weighted by atomic mass is 16.6. The number of nitrogens with zero attached hydrogens (tertiary/aromatic N) is 1. The van der Waals surface area contributed by atoms with Gasteiger partial charge >= 0.3 is 18.0 Å². The Hall–Kier alpha value is -2.41. The highest BCUT2D eigenvalue weighted by Gasteiger charge is 2.28. The zero-order valence-corrected chi connectivity index (χ0v) is 10.1. The number of hydrogen-bond donors (Lipinski definition) is 2. The molecule has 7 nitrogen and oxygen atoms in total. The van der Waals surface area contributed by atoms with E-state index < -0.39 is 30.7 Å². The average molecular weight is 267 g/mol. The second-order valence-electron chi connectivity index (χ2n) is 3.67. The van der Waals surface area contributed by atoms with E-state index in [-0.39, 0.29) is 5.56 Å². The van der Waals surface area contributed by atoms with Gasteiger partial charge in [-0.15, -0.1) is 0 Å². The van der Waals surface area contributed by atoms with E-state index in [9.17, 15) is 14.4 Å². The van der Waals surface area contributed by atoms with Gasteiger partial charge in [0.1, 0.15) is 0 Å². The van der Waals surface area contributed by atoms with Crippen molar-refractivity contribution >= 4 is 18.0 Å². The largest absolute Gasteiger partial charge is 0.480 e. The summed E-state index contributed by atoms with van der Waals surface area (Å²) in [4.78, 5) is 34.5. The second kappa shape index (κ2) is 6.50. The van der Waals surface area contributed by atoms with E-state index >= 15 is 0 Å². The summed E-state index contributed by atoms with van der Waals surface area (Å²) in [6, 6.07) is 6.33. The predicted molar refractivity (Wildman–Crippen MR) is 63.5 cm³/mol. The number of aliphatic carboxylic acids is 1. The van der Waals surface area contributed by atoms with Crippen molar-refractivity contribution in [2.24, 2.45) is 0 Å². The van der Waals surface area contributed by atoms with E-state index in [1.54, 1.807) is 18.2 Å². The highest BCUT2D eigenvalue weighted by molar-refractivity contribution is 5.97. The fourth-order valence-corrected chi connectivity index (χ4v) is 1.28. The van der Waals surface area contributed by atoms with Crippen molar-refractivity contribution < 1.29 is 29.3 Å². The summed E-state index contributed by atoms with van der Waals surface area (Å²) in [6.07, 6.45) is -1.14. The maximum Gasteiger partial charge on any atom is 0.418 e. The van der Waals surface area contributed by atoms with Crippen LogP contribution in [0.15, 0.2) is 30.3 Å². The van der Waals surface area contributed by atoms with Crippen molar-refractivity contribution in [1.82, 2.24) is 4.90 Å². The lowest BCUT2D eigenvalue weighted by Gasteiger charge is -2.21. The number of ether oxygens (including phenoxy) is 1. The first-order valence-corrected chi connectivity index (χ1v) is 5.35. The normalized spacial score (nSPS) is 11.5. The van der Waals surface area contributed by atoms with Crippen molar-refractivity contribution in [3.63, 3.8) is 0 Å². The minimum Gasteiger partial charge on any atom is -0.480 e. The number of aliphatic hydroxyl groups excluding tert-OH is 1. The van der Waals surface area contributed by atoms with Gasteiger partial charge in [0.25, 0.3) is 0 Å². The van der Waals surface area contributed by atoms with Gasteiger partial charge in [0.2, 0.25) is 0 Å². The summed E-state index contributed by atoms with van der Waals surface area (Å²) in [5.41, 5.74) is 0.167. The summed E-state index contributed by atoms with van der Waals surface area (Å²) in [6.45, 7) is -0.777. The molecule has 0 unspecified atom stereocenters. The predicted octanol–water partition coefficient (Wildman–Crippen LogP) is 0.341. The highest BCUT2D eigenvalue weighted by Crippen LogP contribution is 2.05. The van der Waals surface area contributed by atoms with Crippen molar-refractivity contribution in [1.29, 1.82) is 0 Å². The number of amides is 1. The molecule has 1 aromatic rings. The molecule has 102 valence electrons. The van der Waals surface area contributed by atoms with E-state index in [0.717, 1.165) is 7.05 Å². The minimum atomic E-state index is -1.46. The molecule has 19 heavy (non-hydrogen) atoms. The molecular formula is C12H13NO6. The van der Waals surface area contributed by atoms with Crippen LogP contribution in [0.2, 0.25) is 0 Å². The fraction of sp³-hybridized carbons (Fsp3) is 0.250. The number of benzene rings is 1. The van der Waals surface area contributed by atoms with Gasteiger partial charge in [-0.1, -0.05) is 18.2 Å². The molecule has 0 aliphatic heterocycles. The molecule has 0 saturated carbocycles. The van der Waals surface area contributed by atoms with Crippen LogP contribution >= 0.6 is 0 Å². The molecule has 0 fully saturated rings. The number of carbonyl (C=O) groups is 3. The van der Waals surface area contributed by atoms with E-state index in [1.807, 2.05) is 0 Å². The number of likely N-dealkylation sites (N-methyl/N-ethyl adjacent to an activating group) is 1. The summed E-state index contributed by atoms with van der Waals surface area (Å²) in [5.74, 6) is -2.28. The lowest BCUT2D eigenvalue weighted by molar-refractivity contribution is -0.143. The van der Waals surface area contributed by atoms with Crippen LogP contribution in [0.1, 0.15) is 10.4 Å². The van der Waals surface area contributed by atoms with Crippen molar-refractivity contribution in [3.8, 4) is 0 Å². The maximum atomic E-state index is 11.6. The third kappa shape index (κ3) is 3.78. The fourth-order valence-electron chi connectivity index (χ4n) is 1.28. The van der Waals surface area contributed by atoms with Crippen LogP contribution in [0.4, 0.5) is 4.79 Å². The molecule has 0 spiro atoms. The monoisotopic (exact) mass is 267 g/mol. The molecule has 1 rings (SSSR count). The summed E-state index contributed by atoms with van der Waals surface area (Å²) in [7, 11) is 1.12. The van der Waals surface area contributed by atoms with Crippen LogP contribution in [-0.4, -0.2) is 52.8 Å². The number of carbonyl (C=O) groups excluding carboxylic acids is 2. The summed E-state index contributed by atoms with van der Waals surface area (Å²) in [5, 5.41) is 17.6. The molecule has 1 aromatic carbocycles. The second-order valence-corrected chi connectivity index (χ2v) is 3.67. The van der Waals surface area contributed by atoms with Crippen LogP contribution in [0.25, 0.3) is 0 Å². The van der Waals surface area contributed by atoms with Crippen LogP contribution in [0.3, 0.4) is 0 Å². The molecule has 0 aliphatic carbocycles. The van der Waals surface area contributed by atoms with Crippen molar-refractivity contribution in [3.05, 3.63) is 35.9 Å². The molecule has 0 aliphatic rings. The zero-order chi connectivity index (χ0) is 14.4. The molecule has 1 atom stereocenters. The molecule has 1 amide bonds. The third-order valence-corrected chi connectivity index (χ3v) is 2.40. The van der Waals surface area contributed by atoms with Crippen LogP contribution in [-0.2, 0) is 9.53 Å². The summed E-state index contributed by atoms with van der Waals surface area (Å²) >= 11 is 0. The molecule has 0 aromatic heterocycles. The van der Waals surface area contributed by atoms with Gasteiger partial charge in [-0.3, -0.25) is 4.90 Å². The Morgan fingerprint density at radius 2 is 1.84 bits per heavy atom. The Labute approximate surface area is 109 Å². The zero-order valence-electron chi connectivity index (χ0n) is 10.1. The lowest BCUT2D eigenvalue weighted by atomic mass is 10.2. The lowest BCUT2D eigenvalue weighted by Crippen LogP contribution is -2.45. The van der Waals surface area contributed by atoms with Crippen molar-refractivity contribution in [2.45, 2.75) is 6.04 Å². The van der Waals surface area contributed by atoms with Gasteiger partial charge in [-0.05, 0) is 12.1 Å². The first-order valence-electron chi connectivity index (χ1n) is 5.35. The van der Waals surface area contributed by atoms with Crippen LogP contribution < -0.4 is 0 Å². The Balaban J connectivity index is 2.69. The standard InChI is InChI=1S/C12H13NO6/c1-13(9(7-14)10(15)16)12(18)19-11(17)8-5-3-2-4-6-8/h2-6,9,14H,7H2,1H3,(H,15,16)/t9-/m1/s1. The molecule has 0 radical (unpaired) electrons. The number of carboxylic acids is 1. The van der Waals surface area contributed by atoms with Crippen molar-refractivity contribution in [2.75, 3.05) is 13.7 Å². The van der Waals surface area contributed by atoms with E-state index in [1.165, 1.54) is 12.1 Å². The Kier molecular flexibility index (Phi) is 5.01. The molecule has 2 N–H and O–H groups in total. The molecular weight excluding hydrogens is 254 g/mol. The van der Waals surface area contributed by atoms with Gasteiger partial charge in [0.15, 0.2) is 6.04 Å². The number of carboxylic acid groups (broad SMARTS) is 1. The number of rotatable bonds is 4. The maximum absolute atomic E-state index is 11.6. The molecule has 7 heteroatoms. The molecule has 0 saturated heterocycles. The molecule has 0 bridgehead atoms. The Morgan fingerprint density at radius 1 is 1.26 bits per heavy atom. The van der Waals surface area contributed by atoms with Crippen LogP contribution in [0, 0.1) is 0 Å². The SMILES string of the molecule is CN(C(=O)OC(=O)c1ccccc1)[C@H](CO)C(=O)O. The topological polar surface area (TPSA) is 104 Å². The third-order valence-electron chi connectivity index (χ3n) is 2.40. The van der Waals surface area contributed by atoms with Gasteiger partial charge in [-0.25, -0.2) is 14.4 Å². The molecule has 0 heterocycles. The number of esters is 1. The average Bonchev–Trinajstić information content (AvgIpc) is 2.39. The van der Waals surface area contributed by atoms with Gasteiger partial charge in [-0.2, -0.15) is 0 Å².